The van der Waals surface area contributed by atoms with Crippen LogP contribution in [0.25, 0.3) is 0 Å². The van der Waals surface area contributed by atoms with Crippen molar-refractivity contribution in [3.8, 4) is 0 Å². The number of hydrogen-bond donors (Lipinski definition) is 1. The number of nitrogens with zero attached hydrogens (tertiary/aromatic N) is 3. The first-order valence-corrected chi connectivity index (χ1v) is 9.33. The molecule has 7 heteroatoms. The third-order valence-corrected chi connectivity index (χ3v) is 6.14. The Kier molecular flexibility index (Phi) is 4.20. The van der Waals surface area contributed by atoms with E-state index >= 15 is 0 Å². The Bertz CT molecular complexity index is 654. The highest BCUT2D eigenvalue weighted by Gasteiger charge is 2.43. The van der Waals surface area contributed by atoms with Crippen molar-refractivity contribution in [2.75, 3.05) is 18.4 Å². The zero-order valence-corrected chi connectivity index (χ0v) is 14.8. The molecule has 0 spiro atoms. The lowest BCUT2D eigenvalue weighted by molar-refractivity contribution is -0.134. The molecule has 3 aliphatic rings. The number of likely N-dealkylation sites (tertiary alicyclic amines) is 1. The molecule has 1 aromatic rings. The van der Waals surface area contributed by atoms with Crippen LogP contribution in [0.3, 0.4) is 0 Å². The fourth-order valence-electron chi connectivity index (χ4n) is 4.43. The van der Waals surface area contributed by atoms with E-state index in [2.05, 4.69) is 17.3 Å². The molecular formula is C18H26F2N4O. The molecule has 1 N–H and O–H groups in total. The van der Waals surface area contributed by atoms with Gasteiger partial charge in [0.15, 0.2) is 0 Å². The van der Waals surface area contributed by atoms with E-state index in [0.717, 1.165) is 38.0 Å². The fraction of sp³-hybridized carbons (Fsp3) is 0.778. The number of rotatable bonds is 3. The molecule has 25 heavy (non-hydrogen) atoms. The monoisotopic (exact) mass is 352 g/mol. The molecule has 2 unspecified atom stereocenters. The average molecular weight is 352 g/mol. The topological polar surface area (TPSA) is 50.2 Å². The van der Waals surface area contributed by atoms with Crippen LogP contribution in [0.5, 0.6) is 0 Å². The van der Waals surface area contributed by atoms with E-state index in [0.29, 0.717) is 30.0 Å². The number of halogens is 2. The third-order valence-electron chi connectivity index (χ3n) is 6.14. The Hall–Kier alpha value is -1.66. The first kappa shape index (κ1) is 16.8. The lowest BCUT2D eigenvalue weighted by atomic mass is 9.85. The maximum Gasteiger partial charge on any atom is 0.260 e. The van der Waals surface area contributed by atoms with Crippen molar-refractivity contribution < 1.29 is 13.6 Å². The zero-order valence-electron chi connectivity index (χ0n) is 14.8. The van der Waals surface area contributed by atoms with Crippen molar-refractivity contribution in [2.45, 2.75) is 58.0 Å². The number of hydrogen-bond acceptors (Lipinski definition) is 3. The lowest BCUT2D eigenvalue weighted by Crippen LogP contribution is -2.46. The van der Waals surface area contributed by atoms with Gasteiger partial charge in [0.2, 0.25) is 5.91 Å². The molecule has 4 rings (SSSR count). The normalized spacial score (nSPS) is 32.4. The first-order chi connectivity index (χ1) is 11.9. The van der Waals surface area contributed by atoms with Crippen LogP contribution in [0.15, 0.2) is 6.07 Å². The second-order valence-electron chi connectivity index (χ2n) is 7.99. The van der Waals surface area contributed by atoms with Gasteiger partial charge < -0.3 is 10.2 Å². The van der Waals surface area contributed by atoms with Crippen molar-refractivity contribution >= 4 is 11.7 Å². The summed E-state index contributed by atoms with van der Waals surface area (Å²) in [6.07, 6.45) is 0.758. The van der Waals surface area contributed by atoms with Gasteiger partial charge in [-0.3, -0.25) is 4.79 Å². The summed E-state index contributed by atoms with van der Waals surface area (Å²) in [5.74, 6) is 2.07. The highest BCUT2D eigenvalue weighted by Crippen LogP contribution is 2.41. The Balaban J connectivity index is 1.41. The highest BCUT2D eigenvalue weighted by molar-refractivity contribution is 5.81. The molecule has 1 saturated heterocycles. The van der Waals surface area contributed by atoms with Gasteiger partial charge in [-0.2, -0.15) is 5.10 Å². The summed E-state index contributed by atoms with van der Waals surface area (Å²) in [7, 11) is 0. The molecule has 138 valence electrons. The molecule has 0 bridgehead atoms. The van der Waals surface area contributed by atoms with Gasteiger partial charge in [0.1, 0.15) is 11.9 Å². The third kappa shape index (κ3) is 3.13. The van der Waals surface area contributed by atoms with Gasteiger partial charge >= 0.3 is 0 Å². The summed E-state index contributed by atoms with van der Waals surface area (Å²) in [6.45, 7) is 5.45. The Morgan fingerprint density at radius 2 is 2.00 bits per heavy atom. The predicted octanol–water partition coefficient (Wildman–Crippen LogP) is 3.08. The Labute approximate surface area is 146 Å². The SMILES string of the molecule is Cc1cc2n(n1)[C@@H](C(F)F)C[C@@H](C1CCN(C(=O)C3CC3C)CC1)N2. The van der Waals surface area contributed by atoms with E-state index in [1.165, 1.54) is 4.68 Å². The number of fused-ring (bicyclic) bond motifs is 1. The smallest absolute Gasteiger partial charge is 0.260 e. The van der Waals surface area contributed by atoms with Gasteiger partial charge in [0.05, 0.1) is 5.69 Å². The molecule has 2 fully saturated rings. The number of aryl methyl sites for hydroxylation is 1. The summed E-state index contributed by atoms with van der Waals surface area (Å²) in [5, 5.41) is 7.65. The minimum atomic E-state index is -2.42. The van der Waals surface area contributed by atoms with E-state index in [4.69, 9.17) is 0 Å². The van der Waals surface area contributed by atoms with Gasteiger partial charge in [-0.25, -0.2) is 13.5 Å². The molecule has 3 heterocycles. The van der Waals surface area contributed by atoms with E-state index in [-0.39, 0.29) is 12.0 Å². The number of aromatic nitrogens is 2. The molecule has 1 aliphatic carbocycles. The average Bonchev–Trinajstić information content (AvgIpc) is 3.19. The predicted molar refractivity (Wildman–Crippen MR) is 90.6 cm³/mol. The zero-order chi connectivity index (χ0) is 17.7. The van der Waals surface area contributed by atoms with Crippen molar-refractivity contribution in [3.05, 3.63) is 11.8 Å². The van der Waals surface area contributed by atoms with Gasteiger partial charge in [0, 0.05) is 31.1 Å². The minimum Gasteiger partial charge on any atom is -0.367 e. The maximum atomic E-state index is 13.5. The quantitative estimate of drug-likeness (QED) is 0.910. The summed E-state index contributed by atoms with van der Waals surface area (Å²) >= 11 is 0. The number of carbonyl (C=O) groups excluding carboxylic acids is 1. The summed E-state index contributed by atoms with van der Waals surface area (Å²) in [4.78, 5) is 14.3. The number of carbonyl (C=O) groups is 1. The lowest BCUT2D eigenvalue weighted by Gasteiger charge is -2.40. The molecule has 0 radical (unpaired) electrons. The Morgan fingerprint density at radius 3 is 2.60 bits per heavy atom. The van der Waals surface area contributed by atoms with E-state index in [1.54, 1.807) is 0 Å². The molecular weight excluding hydrogens is 326 g/mol. The standard InChI is InChI=1S/C18H26F2N4O/c1-10-7-13(10)18(25)23-5-3-12(4-6-23)14-9-15(17(19)20)24-16(21-14)8-11(2)22-24/h8,10,12-15,17,21H,3-7,9H2,1-2H3/t10?,13?,14-,15+/m0/s1. The second-order valence-corrected chi connectivity index (χ2v) is 7.99. The van der Waals surface area contributed by atoms with Crippen molar-refractivity contribution in [1.82, 2.24) is 14.7 Å². The van der Waals surface area contributed by atoms with E-state index in [9.17, 15) is 13.6 Å². The fourth-order valence-corrected chi connectivity index (χ4v) is 4.43. The highest BCUT2D eigenvalue weighted by atomic mass is 19.3. The number of nitrogens with one attached hydrogen (secondary N) is 1. The molecule has 1 aromatic heterocycles. The van der Waals surface area contributed by atoms with Crippen LogP contribution in [-0.2, 0) is 4.79 Å². The van der Waals surface area contributed by atoms with Crippen LogP contribution in [0.1, 0.15) is 44.3 Å². The van der Waals surface area contributed by atoms with Crippen LogP contribution in [-0.4, -0.2) is 46.1 Å². The molecule has 0 aromatic carbocycles. The van der Waals surface area contributed by atoms with Gasteiger partial charge in [-0.15, -0.1) is 0 Å². The maximum absolute atomic E-state index is 13.5. The second kappa shape index (κ2) is 6.25. The van der Waals surface area contributed by atoms with Crippen LogP contribution >= 0.6 is 0 Å². The molecule has 1 saturated carbocycles. The number of piperidine rings is 1. The summed E-state index contributed by atoms with van der Waals surface area (Å²) in [6, 6.07) is 1.01. The number of alkyl halides is 2. The van der Waals surface area contributed by atoms with Crippen LogP contribution < -0.4 is 5.32 Å². The van der Waals surface area contributed by atoms with Crippen LogP contribution in [0.2, 0.25) is 0 Å². The van der Waals surface area contributed by atoms with Crippen LogP contribution in [0.4, 0.5) is 14.6 Å². The minimum absolute atomic E-state index is 0.0275. The summed E-state index contributed by atoms with van der Waals surface area (Å²) in [5.41, 5.74) is 0.757. The molecule has 5 nitrogen and oxygen atoms in total. The molecule has 4 atom stereocenters. The number of anilines is 1. The molecule has 2 aliphatic heterocycles. The van der Waals surface area contributed by atoms with Gasteiger partial charge in [-0.1, -0.05) is 6.92 Å². The molecule has 1 amide bonds. The summed E-state index contributed by atoms with van der Waals surface area (Å²) < 4.78 is 28.5. The first-order valence-electron chi connectivity index (χ1n) is 9.33. The van der Waals surface area contributed by atoms with E-state index < -0.39 is 12.5 Å². The van der Waals surface area contributed by atoms with Crippen molar-refractivity contribution in [2.24, 2.45) is 17.8 Å². The van der Waals surface area contributed by atoms with Crippen LogP contribution in [0, 0.1) is 24.7 Å². The number of amides is 1. The van der Waals surface area contributed by atoms with Gasteiger partial charge in [-0.05, 0) is 44.4 Å². The van der Waals surface area contributed by atoms with Crippen molar-refractivity contribution in [3.63, 3.8) is 0 Å². The van der Waals surface area contributed by atoms with Gasteiger partial charge in [0.25, 0.3) is 6.43 Å². The van der Waals surface area contributed by atoms with Crippen molar-refractivity contribution in [1.29, 1.82) is 0 Å². The largest absolute Gasteiger partial charge is 0.367 e. The van der Waals surface area contributed by atoms with E-state index in [1.807, 2.05) is 17.9 Å². The Morgan fingerprint density at radius 1 is 1.32 bits per heavy atom.